The van der Waals surface area contributed by atoms with Crippen molar-refractivity contribution in [1.82, 2.24) is 4.98 Å². The van der Waals surface area contributed by atoms with Gasteiger partial charge in [-0.1, -0.05) is 47.7 Å². The number of aryl methyl sites for hydroxylation is 2. The van der Waals surface area contributed by atoms with E-state index in [1.54, 1.807) is 6.92 Å². The van der Waals surface area contributed by atoms with Crippen LogP contribution in [0.1, 0.15) is 37.7 Å². The fourth-order valence-electron chi connectivity index (χ4n) is 2.76. The van der Waals surface area contributed by atoms with Crippen molar-refractivity contribution < 1.29 is 18.0 Å². The van der Waals surface area contributed by atoms with Crippen LogP contribution in [0.3, 0.4) is 0 Å². The number of thiazole rings is 1. The average Bonchev–Trinajstić information content (AvgIpc) is 3.06. The molecule has 1 amide bonds. The molecule has 0 aliphatic rings. The molecule has 2 aromatic carbocycles. The van der Waals surface area contributed by atoms with Gasteiger partial charge in [0.1, 0.15) is 0 Å². The number of aromatic nitrogens is 1. The highest BCUT2D eigenvalue weighted by Gasteiger charge is 2.18. The van der Waals surface area contributed by atoms with Gasteiger partial charge in [-0.2, -0.15) is 0 Å². The number of benzene rings is 2. The standard InChI is InChI=1S/C21H20N2O4S2/c1-14-19(18(24)12-11-15-7-4-3-5-8-15)28-21(22-14)23-20(25)16-9-6-10-17(13-16)29(2,26)27/h3-10,13H,11-12H2,1-2H3,(H,22,23,25). The maximum Gasteiger partial charge on any atom is 0.257 e. The van der Waals surface area contributed by atoms with E-state index in [2.05, 4.69) is 10.3 Å². The summed E-state index contributed by atoms with van der Waals surface area (Å²) in [6, 6.07) is 15.5. The van der Waals surface area contributed by atoms with Crippen molar-refractivity contribution >= 4 is 38.0 Å². The van der Waals surface area contributed by atoms with Crippen molar-refractivity contribution in [3.63, 3.8) is 0 Å². The number of hydrogen-bond acceptors (Lipinski definition) is 6. The van der Waals surface area contributed by atoms with Crippen LogP contribution in [0, 0.1) is 6.92 Å². The zero-order valence-corrected chi connectivity index (χ0v) is 17.6. The summed E-state index contributed by atoms with van der Waals surface area (Å²) in [6.07, 6.45) is 2.08. The normalized spacial score (nSPS) is 11.2. The van der Waals surface area contributed by atoms with Gasteiger partial charge in [0, 0.05) is 18.2 Å². The highest BCUT2D eigenvalue weighted by atomic mass is 32.2. The molecule has 8 heteroatoms. The average molecular weight is 429 g/mol. The first-order chi connectivity index (χ1) is 13.7. The first-order valence-corrected chi connectivity index (χ1v) is 11.6. The van der Waals surface area contributed by atoms with Crippen LogP contribution in [-0.2, 0) is 16.3 Å². The van der Waals surface area contributed by atoms with Crippen LogP contribution >= 0.6 is 11.3 Å². The highest BCUT2D eigenvalue weighted by Crippen LogP contribution is 2.25. The first kappa shape index (κ1) is 20.9. The summed E-state index contributed by atoms with van der Waals surface area (Å²) in [5.74, 6) is -0.504. The lowest BCUT2D eigenvalue weighted by Crippen LogP contribution is -2.12. The monoisotopic (exact) mass is 428 g/mol. The molecule has 1 heterocycles. The SMILES string of the molecule is Cc1nc(NC(=O)c2cccc(S(C)(=O)=O)c2)sc1C(=O)CCc1ccccc1. The maximum atomic E-state index is 12.6. The molecular weight excluding hydrogens is 408 g/mol. The van der Waals surface area contributed by atoms with E-state index < -0.39 is 15.7 Å². The molecule has 0 atom stereocenters. The molecule has 6 nitrogen and oxygen atoms in total. The van der Waals surface area contributed by atoms with Crippen LogP contribution < -0.4 is 5.32 Å². The Morgan fingerprint density at radius 3 is 2.48 bits per heavy atom. The molecule has 0 unspecified atom stereocenters. The van der Waals surface area contributed by atoms with E-state index in [0.717, 1.165) is 23.2 Å². The van der Waals surface area contributed by atoms with Crippen LogP contribution in [0.15, 0.2) is 59.5 Å². The Morgan fingerprint density at radius 1 is 1.07 bits per heavy atom. The Hall–Kier alpha value is -2.84. The molecule has 3 aromatic rings. The minimum absolute atomic E-state index is 0.0246. The predicted octanol–water partition coefficient (Wildman–Crippen LogP) is 3.92. The molecule has 0 fully saturated rings. The molecule has 0 saturated heterocycles. The Morgan fingerprint density at radius 2 is 1.79 bits per heavy atom. The zero-order valence-electron chi connectivity index (χ0n) is 16.0. The Labute approximate surface area is 173 Å². The van der Waals surface area contributed by atoms with Crippen molar-refractivity contribution in [3.8, 4) is 0 Å². The molecule has 0 radical (unpaired) electrons. The van der Waals surface area contributed by atoms with Crippen molar-refractivity contribution in [1.29, 1.82) is 0 Å². The second kappa shape index (κ2) is 8.67. The molecule has 3 rings (SSSR count). The molecule has 1 aromatic heterocycles. The van der Waals surface area contributed by atoms with E-state index in [1.165, 1.54) is 24.3 Å². The van der Waals surface area contributed by atoms with Gasteiger partial charge in [-0.15, -0.1) is 0 Å². The lowest BCUT2D eigenvalue weighted by molar-refractivity contribution is 0.0984. The number of nitrogens with one attached hydrogen (secondary N) is 1. The quantitative estimate of drug-likeness (QED) is 0.576. The van der Waals surface area contributed by atoms with E-state index >= 15 is 0 Å². The van der Waals surface area contributed by atoms with Crippen molar-refractivity contribution in [2.24, 2.45) is 0 Å². The second-order valence-electron chi connectivity index (χ2n) is 6.60. The number of rotatable bonds is 7. The smallest absolute Gasteiger partial charge is 0.257 e. The second-order valence-corrected chi connectivity index (χ2v) is 9.61. The fraction of sp³-hybridized carbons (Fsp3) is 0.190. The topological polar surface area (TPSA) is 93.2 Å². The van der Waals surface area contributed by atoms with Crippen LogP contribution in [0.4, 0.5) is 5.13 Å². The van der Waals surface area contributed by atoms with Crippen molar-refractivity contribution in [3.05, 3.63) is 76.3 Å². The molecule has 0 saturated carbocycles. The van der Waals surface area contributed by atoms with Crippen LogP contribution in [0.2, 0.25) is 0 Å². The number of amides is 1. The Balaban J connectivity index is 1.70. The number of Topliss-reactive ketones (excluding diaryl/α,β-unsaturated/α-hetero) is 1. The molecular formula is C21H20N2O4S2. The zero-order chi connectivity index (χ0) is 21.0. The van der Waals surface area contributed by atoms with E-state index in [4.69, 9.17) is 0 Å². The maximum absolute atomic E-state index is 12.6. The third-order valence-electron chi connectivity index (χ3n) is 4.28. The summed E-state index contributed by atoms with van der Waals surface area (Å²) in [6.45, 7) is 1.73. The van der Waals surface area contributed by atoms with Gasteiger partial charge in [0.2, 0.25) is 0 Å². The molecule has 0 aliphatic carbocycles. The van der Waals surface area contributed by atoms with Gasteiger partial charge in [0.15, 0.2) is 20.8 Å². The van der Waals surface area contributed by atoms with E-state index in [9.17, 15) is 18.0 Å². The van der Waals surface area contributed by atoms with Gasteiger partial charge >= 0.3 is 0 Å². The number of carbonyl (C=O) groups is 2. The molecule has 0 spiro atoms. The summed E-state index contributed by atoms with van der Waals surface area (Å²) >= 11 is 1.12. The Bertz CT molecular complexity index is 1150. The molecule has 0 aliphatic heterocycles. The molecule has 150 valence electrons. The lowest BCUT2D eigenvalue weighted by Gasteiger charge is -2.04. The van der Waals surface area contributed by atoms with Crippen LogP contribution in [0.25, 0.3) is 0 Å². The van der Waals surface area contributed by atoms with Gasteiger partial charge in [0.25, 0.3) is 5.91 Å². The minimum Gasteiger partial charge on any atom is -0.298 e. The van der Waals surface area contributed by atoms with E-state index in [-0.39, 0.29) is 16.2 Å². The first-order valence-electron chi connectivity index (χ1n) is 8.90. The van der Waals surface area contributed by atoms with Gasteiger partial charge in [-0.3, -0.25) is 14.9 Å². The molecule has 1 N–H and O–H groups in total. The van der Waals surface area contributed by atoms with E-state index in [0.29, 0.717) is 28.5 Å². The lowest BCUT2D eigenvalue weighted by atomic mass is 10.1. The number of anilines is 1. The number of sulfone groups is 1. The predicted molar refractivity (Wildman–Crippen MR) is 113 cm³/mol. The third-order valence-corrected chi connectivity index (χ3v) is 6.50. The summed E-state index contributed by atoms with van der Waals surface area (Å²) < 4.78 is 23.3. The van der Waals surface area contributed by atoms with Gasteiger partial charge in [0.05, 0.1) is 15.5 Å². The fourth-order valence-corrected chi connectivity index (χ4v) is 4.36. The summed E-state index contributed by atoms with van der Waals surface area (Å²) in [7, 11) is -3.41. The number of hydrogen-bond donors (Lipinski definition) is 1. The number of ketones is 1. The van der Waals surface area contributed by atoms with Gasteiger partial charge in [-0.05, 0) is 37.1 Å². The Kier molecular flexibility index (Phi) is 6.24. The summed E-state index contributed by atoms with van der Waals surface area (Å²) in [4.78, 5) is 29.9. The minimum atomic E-state index is -3.41. The summed E-state index contributed by atoms with van der Waals surface area (Å²) in [5.41, 5.74) is 1.85. The molecule has 29 heavy (non-hydrogen) atoms. The third kappa shape index (κ3) is 5.36. The van der Waals surface area contributed by atoms with Crippen LogP contribution in [0.5, 0.6) is 0 Å². The van der Waals surface area contributed by atoms with Crippen molar-refractivity contribution in [2.75, 3.05) is 11.6 Å². The number of nitrogens with zero attached hydrogens (tertiary/aromatic N) is 1. The number of carbonyl (C=O) groups excluding carboxylic acids is 2. The van der Waals surface area contributed by atoms with Crippen LogP contribution in [-0.4, -0.2) is 31.3 Å². The highest BCUT2D eigenvalue weighted by molar-refractivity contribution is 7.90. The molecule has 0 bridgehead atoms. The van der Waals surface area contributed by atoms with Gasteiger partial charge < -0.3 is 0 Å². The van der Waals surface area contributed by atoms with Crippen molar-refractivity contribution in [2.45, 2.75) is 24.7 Å². The summed E-state index contributed by atoms with van der Waals surface area (Å²) in [5, 5.41) is 2.95. The van der Waals surface area contributed by atoms with E-state index in [1.807, 2.05) is 30.3 Å². The van der Waals surface area contributed by atoms with Gasteiger partial charge in [-0.25, -0.2) is 13.4 Å². The largest absolute Gasteiger partial charge is 0.298 e.